The monoisotopic (exact) mass is 662 g/mol. The average molecular weight is 664 g/mol. The molecule has 2 fully saturated rings. The zero-order chi connectivity index (χ0) is 32.8. The van der Waals surface area contributed by atoms with Crippen molar-refractivity contribution in [3.05, 3.63) is 63.8 Å². The Hall–Kier alpha value is -4.60. The summed E-state index contributed by atoms with van der Waals surface area (Å²) in [6.45, 7) is 6.70. The van der Waals surface area contributed by atoms with E-state index >= 15 is 0 Å². The normalized spacial score (nSPS) is 20.0. The molecule has 5 rings (SSSR count). The van der Waals surface area contributed by atoms with Crippen LogP contribution in [0, 0.1) is 24.2 Å². The number of urea groups is 1. The van der Waals surface area contributed by atoms with Crippen LogP contribution in [-0.4, -0.2) is 58.2 Å². The van der Waals surface area contributed by atoms with Gasteiger partial charge in [0.2, 0.25) is 17.8 Å². The Balaban J connectivity index is 1.41. The molecule has 12 nitrogen and oxygen atoms in total. The number of nitrogens with one attached hydrogen (secondary N) is 3. The first-order valence-electron chi connectivity index (χ1n) is 15.1. The molecule has 1 aromatic heterocycles. The highest BCUT2D eigenvalue weighted by Crippen LogP contribution is 2.41. The summed E-state index contributed by atoms with van der Waals surface area (Å²) in [7, 11) is 0. The first kappa shape index (κ1) is 32.8. The van der Waals surface area contributed by atoms with E-state index in [-0.39, 0.29) is 40.0 Å². The lowest BCUT2D eigenvalue weighted by atomic mass is 9.85. The number of aliphatic imine (C=N–C) groups is 2. The number of guanidine groups is 1. The van der Waals surface area contributed by atoms with Gasteiger partial charge in [0, 0.05) is 36.8 Å². The lowest BCUT2D eigenvalue weighted by Gasteiger charge is -2.33. The summed E-state index contributed by atoms with van der Waals surface area (Å²) < 4.78 is 1.98. The van der Waals surface area contributed by atoms with Gasteiger partial charge in [-0.3, -0.25) is 9.36 Å². The fraction of sp³-hybridized carbons (Fsp3) is 0.375. The first-order valence-corrected chi connectivity index (χ1v) is 15.9. The smallest absolute Gasteiger partial charge is 0.321 e. The number of halogens is 2. The van der Waals surface area contributed by atoms with Crippen LogP contribution in [0.4, 0.5) is 27.9 Å². The van der Waals surface area contributed by atoms with Gasteiger partial charge >= 0.3 is 6.03 Å². The maximum absolute atomic E-state index is 13.0. The first-order chi connectivity index (χ1) is 22.2. The number of nitrogens with two attached hydrogens (primary N) is 1. The Morgan fingerprint density at radius 1 is 1.11 bits per heavy atom. The van der Waals surface area contributed by atoms with Crippen LogP contribution in [0.5, 0.6) is 0 Å². The van der Waals surface area contributed by atoms with Crippen LogP contribution in [0.2, 0.25) is 10.0 Å². The number of hydrogen-bond donors (Lipinski definition) is 4. The van der Waals surface area contributed by atoms with Gasteiger partial charge in [0.15, 0.2) is 5.82 Å². The molecule has 1 aliphatic carbocycles. The lowest BCUT2D eigenvalue weighted by molar-refractivity contribution is -0.122. The average Bonchev–Trinajstić information content (AvgIpc) is 3.36. The van der Waals surface area contributed by atoms with Crippen molar-refractivity contribution in [2.75, 3.05) is 23.7 Å². The molecule has 3 aromatic rings. The Kier molecular flexibility index (Phi) is 10.4. The molecule has 0 bridgehead atoms. The zero-order valence-corrected chi connectivity index (χ0v) is 27.0. The van der Waals surface area contributed by atoms with Crippen molar-refractivity contribution in [2.45, 2.75) is 57.5 Å². The van der Waals surface area contributed by atoms with Gasteiger partial charge in [0.1, 0.15) is 0 Å². The highest BCUT2D eigenvalue weighted by molar-refractivity contribution is 6.39. The van der Waals surface area contributed by atoms with Gasteiger partial charge in [0.25, 0.3) is 0 Å². The van der Waals surface area contributed by atoms with Gasteiger partial charge in [-0.25, -0.2) is 14.8 Å². The number of imidazole rings is 1. The van der Waals surface area contributed by atoms with Crippen molar-refractivity contribution in [1.82, 2.24) is 19.8 Å². The number of aryl methyl sites for hydroxylation is 1. The van der Waals surface area contributed by atoms with Crippen LogP contribution < -0.4 is 21.7 Å². The second kappa shape index (κ2) is 14.7. The molecule has 1 saturated carbocycles. The van der Waals surface area contributed by atoms with Crippen molar-refractivity contribution in [3.63, 3.8) is 0 Å². The van der Waals surface area contributed by atoms with E-state index in [1.54, 1.807) is 4.90 Å². The molecule has 0 radical (unpaired) electrons. The molecule has 2 heterocycles. The second-order valence-corrected chi connectivity index (χ2v) is 12.3. The summed E-state index contributed by atoms with van der Waals surface area (Å²) in [5.41, 5.74) is 7.71. The predicted octanol–water partition coefficient (Wildman–Crippen LogP) is 6.30. The summed E-state index contributed by atoms with van der Waals surface area (Å²) in [5, 5.41) is 19.4. The Morgan fingerprint density at radius 2 is 1.80 bits per heavy atom. The third kappa shape index (κ3) is 7.61. The number of likely N-dealkylation sites (tertiary alicyclic amines) is 1. The highest BCUT2D eigenvalue weighted by atomic mass is 35.5. The minimum absolute atomic E-state index is 0.0631. The standard InChI is InChI=1S/C32H36Cl2N10O2/c1-19-29(42-30(37-2)39-23-9-6-14-43(18-23)32(46)40-22-7-4-3-5-8-22)44(24-12-10-21(11-13-24)28(36)45)31(38-19)41-27-25(33)15-20(17-35)16-26(27)34/h3-5,7-8,15-16,21,23-24H,2,6,9-14,18H2,1H3,(H2,36,45)(H,38,41)(H,39,42)(H,40,46)/t21-,23-,24+/m1/s1. The van der Waals surface area contributed by atoms with Gasteiger partial charge in [-0.05, 0) is 76.4 Å². The van der Waals surface area contributed by atoms with Crippen molar-refractivity contribution in [1.29, 1.82) is 5.26 Å². The number of nitriles is 1. The summed E-state index contributed by atoms with van der Waals surface area (Å²) >= 11 is 13.0. The van der Waals surface area contributed by atoms with Crippen LogP contribution in [0.3, 0.4) is 0 Å². The topological polar surface area (TPSA) is 166 Å². The number of aromatic nitrogens is 2. The van der Waals surface area contributed by atoms with Crippen LogP contribution in [0.1, 0.15) is 55.8 Å². The molecule has 2 aliphatic rings. The minimum atomic E-state index is -0.297. The fourth-order valence-electron chi connectivity index (χ4n) is 5.99. The Labute approximate surface area is 277 Å². The quantitative estimate of drug-likeness (QED) is 0.171. The molecule has 240 valence electrons. The summed E-state index contributed by atoms with van der Waals surface area (Å²) in [6, 6.07) is 14.1. The zero-order valence-electron chi connectivity index (χ0n) is 25.5. The van der Waals surface area contributed by atoms with Crippen molar-refractivity contribution >= 4 is 71.0 Å². The third-order valence-corrected chi connectivity index (χ3v) is 8.95. The number of anilines is 3. The summed E-state index contributed by atoms with van der Waals surface area (Å²) in [6.07, 6.45) is 4.24. The molecule has 0 unspecified atom stereocenters. The number of hydrogen-bond acceptors (Lipinski definition) is 6. The molecular formula is C32H36Cl2N10O2. The number of rotatable bonds is 7. The second-order valence-electron chi connectivity index (χ2n) is 11.5. The SMILES string of the molecule is C=N/C(=N\c1c(C)nc(Nc2c(Cl)cc(C#N)cc2Cl)n1[C@H]1CC[C@@H](C(N)=O)CC1)N[C@@H]1CCCN(C(=O)Nc2ccccc2)C1. The van der Waals surface area contributed by atoms with Gasteiger partial charge in [0.05, 0.1) is 33.1 Å². The molecule has 1 atom stereocenters. The van der Waals surface area contributed by atoms with Crippen LogP contribution >= 0.6 is 23.2 Å². The van der Waals surface area contributed by atoms with Crippen LogP contribution in [0.25, 0.3) is 0 Å². The van der Waals surface area contributed by atoms with E-state index in [2.05, 4.69) is 27.7 Å². The van der Waals surface area contributed by atoms with Crippen LogP contribution in [-0.2, 0) is 4.79 Å². The van der Waals surface area contributed by atoms with E-state index in [0.717, 1.165) is 18.5 Å². The van der Waals surface area contributed by atoms with Gasteiger partial charge < -0.3 is 26.6 Å². The van der Waals surface area contributed by atoms with E-state index in [9.17, 15) is 14.9 Å². The molecule has 1 saturated heterocycles. The van der Waals surface area contributed by atoms with Crippen molar-refractivity contribution < 1.29 is 9.59 Å². The third-order valence-electron chi connectivity index (χ3n) is 8.35. The molecule has 3 amide bonds. The number of piperidine rings is 1. The molecule has 5 N–H and O–H groups in total. The number of benzene rings is 2. The number of nitrogens with zero attached hydrogens (tertiary/aromatic N) is 6. The summed E-state index contributed by atoms with van der Waals surface area (Å²) in [4.78, 5) is 40.5. The number of primary amides is 1. The van der Waals surface area contributed by atoms with Gasteiger partial charge in [-0.1, -0.05) is 41.4 Å². The van der Waals surface area contributed by atoms with Gasteiger partial charge in [-0.15, -0.1) is 0 Å². The van der Waals surface area contributed by atoms with E-state index in [4.69, 9.17) is 38.9 Å². The number of carbonyl (C=O) groups is 2. The van der Waals surface area contributed by atoms with E-state index in [0.29, 0.717) is 73.4 Å². The minimum Gasteiger partial charge on any atom is -0.369 e. The van der Waals surface area contributed by atoms with E-state index in [1.807, 2.05) is 47.9 Å². The van der Waals surface area contributed by atoms with E-state index < -0.39 is 0 Å². The molecular weight excluding hydrogens is 627 g/mol. The molecule has 46 heavy (non-hydrogen) atoms. The number of para-hydroxylation sites is 1. The number of carbonyl (C=O) groups excluding carboxylic acids is 2. The fourth-order valence-corrected chi connectivity index (χ4v) is 6.57. The maximum Gasteiger partial charge on any atom is 0.321 e. The van der Waals surface area contributed by atoms with Crippen LogP contribution in [0.15, 0.2) is 52.4 Å². The molecule has 2 aromatic carbocycles. The predicted molar refractivity (Wildman–Crippen MR) is 181 cm³/mol. The number of amides is 3. The van der Waals surface area contributed by atoms with Gasteiger partial charge in [-0.2, -0.15) is 10.3 Å². The maximum atomic E-state index is 13.0. The molecule has 0 spiro atoms. The van der Waals surface area contributed by atoms with Crippen molar-refractivity contribution in [3.8, 4) is 6.07 Å². The lowest BCUT2D eigenvalue weighted by Crippen LogP contribution is -2.50. The Morgan fingerprint density at radius 3 is 2.43 bits per heavy atom. The largest absolute Gasteiger partial charge is 0.369 e. The summed E-state index contributed by atoms with van der Waals surface area (Å²) in [5.74, 6) is 0.820. The molecule has 14 heteroatoms. The van der Waals surface area contributed by atoms with E-state index in [1.165, 1.54) is 12.1 Å². The highest BCUT2D eigenvalue weighted by Gasteiger charge is 2.31. The molecule has 1 aliphatic heterocycles. The van der Waals surface area contributed by atoms with Crippen molar-refractivity contribution in [2.24, 2.45) is 21.6 Å². The Bertz CT molecular complexity index is 1650.